The lowest BCUT2D eigenvalue weighted by molar-refractivity contribution is 0.333. The molecule has 0 saturated carbocycles. The van der Waals surface area contributed by atoms with Crippen molar-refractivity contribution in [2.24, 2.45) is 0 Å². The second kappa shape index (κ2) is 3.50. The van der Waals surface area contributed by atoms with Crippen LogP contribution in [0.25, 0.3) is 5.57 Å². The molecule has 2 aromatic rings. The molecule has 0 bridgehead atoms. The molecule has 1 aliphatic heterocycles. The molecule has 2 atom stereocenters. The smallest absolute Gasteiger partial charge is 0.146 e. The van der Waals surface area contributed by atoms with Crippen molar-refractivity contribution in [3.05, 3.63) is 89.0 Å². The van der Waals surface area contributed by atoms with Gasteiger partial charge in [-0.15, -0.1) is 0 Å². The molecule has 1 fully saturated rings. The molecule has 1 saturated heterocycles. The van der Waals surface area contributed by atoms with Crippen molar-refractivity contribution in [1.82, 2.24) is 0 Å². The van der Waals surface area contributed by atoms with E-state index in [1.54, 1.807) is 0 Å². The Morgan fingerprint density at radius 1 is 0.950 bits per heavy atom. The van der Waals surface area contributed by atoms with E-state index < -0.39 is 0 Å². The van der Waals surface area contributed by atoms with Crippen LogP contribution in [-0.4, -0.2) is 6.10 Å². The molecule has 20 heavy (non-hydrogen) atoms. The Morgan fingerprint density at radius 3 is 2.65 bits per heavy atom. The summed E-state index contributed by atoms with van der Waals surface area (Å²) in [6.45, 7) is 0. The van der Waals surface area contributed by atoms with E-state index in [0.29, 0.717) is 0 Å². The second-order valence-electron chi connectivity index (χ2n) is 5.73. The van der Waals surface area contributed by atoms with Crippen LogP contribution < -0.4 is 0 Å². The first-order chi connectivity index (χ1) is 9.89. The lowest BCUT2D eigenvalue weighted by Gasteiger charge is -2.18. The number of benzene rings is 2. The molecular weight excluding hydrogens is 244 g/mol. The number of hydrogen-bond donors (Lipinski definition) is 0. The first-order valence-corrected chi connectivity index (χ1v) is 7.13. The zero-order valence-corrected chi connectivity index (χ0v) is 11.0. The van der Waals surface area contributed by atoms with Crippen molar-refractivity contribution in [2.45, 2.75) is 18.1 Å². The number of fused-ring (bicyclic) bond motifs is 4. The molecule has 1 heterocycles. The third-order valence-electron chi connectivity index (χ3n) is 4.74. The molecule has 0 spiro atoms. The van der Waals surface area contributed by atoms with Crippen LogP contribution >= 0.6 is 0 Å². The highest BCUT2D eigenvalue weighted by Crippen LogP contribution is 2.59. The summed E-state index contributed by atoms with van der Waals surface area (Å²) in [5, 5.41) is 0. The van der Waals surface area contributed by atoms with Gasteiger partial charge in [0.15, 0.2) is 0 Å². The summed E-state index contributed by atoms with van der Waals surface area (Å²) in [6.07, 6.45) is 5.70. The second-order valence-corrected chi connectivity index (χ2v) is 5.73. The Hall–Kier alpha value is -2.12. The van der Waals surface area contributed by atoms with E-state index in [2.05, 4.69) is 66.7 Å². The van der Waals surface area contributed by atoms with E-state index in [1.165, 1.54) is 27.8 Å². The van der Waals surface area contributed by atoms with Crippen LogP contribution in [0, 0.1) is 0 Å². The van der Waals surface area contributed by atoms with Crippen LogP contribution in [0.4, 0.5) is 0 Å². The van der Waals surface area contributed by atoms with Crippen LogP contribution in [0.1, 0.15) is 16.7 Å². The maximum Gasteiger partial charge on any atom is 0.146 e. The fourth-order valence-corrected chi connectivity index (χ4v) is 3.77. The molecule has 0 amide bonds. The molecular formula is C19H14O. The zero-order valence-electron chi connectivity index (χ0n) is 11.0. The van der Waals surface area contributed by atoms with Gasteiger partial charge in [0.1, 0.15) is 11.7 Å². The minimum Gasteiger partial charge on any atom is -0.352 e. The molecule has 5 rings (SSSR count). The Kier molecular flexibility index (Phi) is 1.86. The van der Waals surface area contributed by atoms with Crippen molar-refractivity contribution >= 4 is 5.57 Å². The zero-order chi connectivity index (χ0) is 13.2. The molecule has 3 aliphatic rings. The minimum atomic E-state index is -0.190. The van der Waals surface area contributed by atoms with Gasteiger partial charge in [-0.05, 0) is 34.3 Å². The summed E-state index contributed by atoms with van der Waals surface area (Å²) in [5.74, 6) is 0. The lowest BCUT2D eigenvalue weighted by Crippen LogP contribution is -2.18. The van der Waals surface area contributed by atoms with E-state index in [9.17, 15) is 0 Å². The summed E-state index contributed by atoms with van der Waals surface area (Å²) >= 11 is 0. The van der Waals surface area contributed by atoms with Crippen LogP contribution in [-0.2, 0) is 16.8 Å². The average Bonchev–Trinajstić information content (AvgIpc) is 3.16. The average molecular weight is 258 g/mol. The van der Waals surface area contributed by atoms with Crippen molar-refractivity contribution in [1.29, 1.82) is 0 Å². The van der Waals surface area contributed by atoms with Gasteiger partial charge in [-0.25, -0.2) is 0 Å². The van der Waals surface area contributed by atoms with E-state index in [4.69, 9.17) is 4.74 Å². The van der Waals surface area contributed by atoms with E-state index >= 15 is 0 Å². The van der Waals surface area contributed by atoms with Gasteiger partial charge in [-0.1, -0.05) is 66.7 Å². The van der Waals surface area contributed by atoms with Crippen LogP contribution in [0.5, 0.6) is 0 Å². The first kappa shape index (κ1) is 10.6. The van der Waals surface area contributed by atoms with Gasteiger partial charge >= 0.3 is 0 Å². The molecule has 2 unspecified atom stereocenters. The molecule has 0 N–H and O–H groups in total. The van der Waals surface area contributed by atoms with Gasteiger partial charge in [-0.2, -0.15) is 0 Å². The van der Waals surface area contributed by atoms with Gasteiger partial charge in [0.25, 0.3) is 0 Å². The molecule has 2 aliphatic carbocycles. The Labute approximate surface area is 118 Å². The third-order valence-corrected chi connectivity index (χ3v) is 4.74. The summed E-state index contributed by atoms with van der Waals surface area (Å²) in [7, 11) is 0. The SMILES string of the molecule is C1=CC2OC2(c2ccccc2)C2=C1c1ccccc1C2. The first-order valence-electron chi connectivity index (χ1n) is 7.13. The summed E-state index contributed by atoms with van der Waals surface area (Å²) in [4.78, 5) is 0. The molecule has 2 aromatic carbocycles. The molecule has 1 nitrogen and oxygen atoms in total. The Bertz CT molecular complexity index is 769. The standard InChI is InChI=1S/C19H14O/c1-2-7-14(8-3-1)19-17-12-13-6-4-5-9-15(13)16(17)10-11-18(19)20-19/h1-11,18H,12H2. The van der Waals surface area contributed by atoms with E-state index in [1.807, 2.05) is 0 Å². The molecule has 96 valence electrons. The Balaban J connectivity index is 1.72. The highest BCUT2D eigenvalue weighted by molar-refractivity contribution is 5.87. The van der Waals surface area contributed by atoms with Gasteiger partial charge < -0.3 is 4.74 Å². The van der Waals surface area contributed by atoms with Gasteiger partial charge in [-0.3, -0.25) is 0 Å². The predicted octanol–water partition coefficient (Wildman–Crippen LogP) is 3.86. The van der Waals surface area contributed by atoms with Crippen LogP contribution in [0.15, 0.2) is 72.3 Å². The van der Waals surface area contributed by atoms with Gasteiger partial charge in [0.2, 0.25) is 0 Å². The maximum absolute atomic E-state index is 6.15. The van der Waals surface area contributed by atoms with Gasteiger partial charge in [0.05, 0.1) is 0 Å². The summed E-state index contributed by atoms with van der Waals surface area (Å²) in [6, 6.07) is 19.3. The third kappa shape index (κ3) is 1.17. The van der Waals surface area contributed by atoms with Crippen LogP contribution in [0.3, 0.4) is 0 Å². The largest absolute Gasteiger partial charge is 0.352 e. The fourth-order valence-electron chi connectivity index (χ4n) is 3.77. The molecule has 0 aromatic heterocycles. The topological polar surface area (TPSA) is 12.5 Å². The lowest BCUT2D eigenvalue weighted by atomic mass is 9.82. The maximum atomic E-state index is 6.15. The summed E-state index contributed by atoms with van der Waals surface area (Å²) in [5.41, 5.74) is 6.71. The van der Waals surface area contributed by atoms with Crippen LogP contribution in [0.2, 0.25) is 0 Å². The number of rotatable bonds is 1. The van der Waals surface area contributed by atoms with Crippen molar-refractivity contribution in [2.75, 3.05) is 0 Å². The van der Waals surface area contributed by atoms with Crippen molar-refractivity contribution in [3.63, 3.8) is 0 Å². The number of ether oxygens (including phenoxy) is 1. The number of allylic oxidation sites excluding steroid dienone is 2. The molecule has 0 radical (unpaired) electrons. The monoisotopic (exact) mass is 258 g/mol. The van der Waals surface area contributed by atoms with Gasteiger partial charge in [0, 0.05) is 0 Å². The summed E-state index contributed by atoms with van der Waals surface area (Å²) < 4.78 is 6.15. The predicted molar refractivity (Wildman–Crippen MR) is 79.2 cm³/mol. The highest BCUT2D eigenvalue weighted by Gasteiger charge is 2.61. The highest BCUT2D eigenvalue weighted by atomic mass is 16.6. The number of epoxide rings is 1. The molecule has 1 heteroatoms. The van der Waals surface area contributed by atoms with E-state index in [-0.39, 0.29) is 11.7 Å². The van der Waals surface area contributed by atoms with E-state index in [0.717, 1.165) is 6.42 Å². The fraction of sp³-hybridized carbons (Fsp3) is 0.158. The quantitative estimate of drug-likeness (QED) is 0.708. The normalized spacial score (nSPS) is 28.9. The minimum absolute atomic E-state index is 0.190. The Morgan fingerprint density at radius 2 is 1.75 bits per heavy atom. The number of hydrogen-bond acceptors (Lipinski definition) is 1. The van der Waals surface area contributed by atoms with Crippen molar-refractivity contribution < 1.29 is 4.74 Å². The van der Waals surface area contributed by atoms with Crippen molar-refractivity contribution in [3.8, 4) is 0 Å².